The first-order chi connectivity index (χ1) is 11.2. The molecule has 1 atom stereocenters. The first kappa shape index (κ1) is 16.7. The summed E-state index contributed by atoms with van der Waals surface area (Å²) in [6.07, 6.45) is 4.22. The number of hydrogen-bond donors (Lipinski definition) is 2. The van der Waals surface area contributed by atoms with Gasteiger partial charge in [-0.1, -0.05) is 23.7 Å². The summed E-state index contributed by atoms with van der Waals surface area (Å²) in [7, 11) is 0. The molecule has 0 radical (unpaired) electrons. The van der Waals surface area contributed by atoms with Crippen molar-refractivity contribution in [2.75, 3.05) is 19.8 Å². The van der Waals surface area contributed by atoms with Crippen molar-refractivity contribution in [2.24, 2.45) is 5.92 Å². The zero-order valence-electron chi connectivity index (χ0n) is 13.3. The van der Waals surface area contributed by atoms with Gasteiger partial charge in [-0.25, -0.2) is 0 Å². The number of amides is 1. The van der Waals surface area contributed by atoms with Crippen molar-refractivity contribution in [2.45, 2.75) is 43.6 Å². The van der Waals surface area contributed by atoms with E-state index in [-0.39, 0.29) is 18.6 Å². The van der Waals surface area contributed by atoms with Crippen LogP contribution in [0.4, 0.5) is 0 Å². The van der Waals surface area contributed by atoms with E-state index in [0.717, 1.165) is 18.4 Å². The average Bonchev–Trinajstić information content (AvgIpc) is 3.40. The summed E-state index contributed by atoms with van der Waals surface area (Å²) in [6.45, 7) is 1.26. The second kappa shape index (κ2) is 7.20. The van der Waals surface area contributed by atoms with Crippen LogP contribution in [0.2, 0.25) is 5.02 Å². The van der Waals surface area contributed by atoms with E-state index < -0.39 is 5.41 Å². The molecule has 1 aromatic carbocycles. The van der Waals surface area contributed by atoms with Crippen LogP contribution in [0.5, 0.6) is 0 Å². The summed E-state index contributed by atoms with van der Waals surface area (Å²) < 4.78 is 5.49. The molecule has 1 amide bonds. The third-order valence-corrected chi connectivity index (χ3v) is 5.34. The second-order valence-corrected chi connectivity index (χ2v) is 7.07. The van der Waals surface area contributed by atoms with Gasteiger partial charge < -0.3 is 15.2 Å². The van der Waals surface area contributed by atoms with Gasteiger partial charge in [0.25, 0.3) is 0 Å². The van der Waals surface area contributed by atoms with Crippen molar-refractivity contribution in [3.8, 4) is 0 Å². The summed E-state index contributed by atoms with van der Waals surface area (Å²) in [5, 5.41) is 13.1. The van der Waals surface area contributed by atoms with Gasteiger partial charge in [-0.05, 0) is 55.7 Å². The van der Waals surface area contributed by atoms with Gasteiger partial charge >= 0.3 is 0 Å². The van der Waals surface area contributed by atoms with Gasteiger partial charge in [-0.3, -0.25) is 4.79 Å². The number of aliphatic hydroxyl groups is 1. The second-order valence-electron chi connectivity index (χ2n) is 6.63. The Bertz CT molecular complexity index is 553. The van der Waals surface area contributed by atoms with Crippen LogP contribution in [0.3, 0.4) is 0 Å². The Morgan fingerprint density at radius 3 is 2.74 bits per heavy atom. The van der Waals surface area contributed by atoms with Crippen molar-refractivity contribution in [1.82, 2.24) is 5.32 Å². The summed E-state index contributed by atoms with van der Waals surface area (Å²) >= 11 is 6.15. The van der Waals surface area contributed by atoms with Gasteiger partial charge in [-0.2, -0.15) is 0 Å². The fraction of sp³-hybridized carbons (Fsp3) is 0.611. The number of benzene rings is 1. The number of aliphatic hydroxyl groups excluding tert-OH is 1. The predicted octanol–water partition coefficient (Wildman–Crippen LogP) is 2.67. The van der Waals surface area contributed by atoms with E-state index in [1.54, 1.807) is 0 Å². The van der Waals surface area contributed by atoms with Gasteiger partial charge in [0.15, 0.2) is 0 Å². The van der Waals surface area contributed by atoms with Crippen molar-refractivity contribution < 1.29 is 14.6 Å². The lowest BCUT2D eigenvalue weighted by atomic mass is 9.73. The van der Waals surface area contributed by atoms with Gasteiger partial charge in [0.05, 0.1) is 5.41 Å². The lowest BCUT2D eigenvalue weighted by Gasteiger charge is -2.37. The van der Waals surface area contributed by atoms with Gasteiger partial charge in [0.1, 0.15) is 0 Å². The number of carbonyl (C=O) groups excluding carboxylic acids is 1. The Balaban J connectivity index is 1.84. The molecule has 2 N–H and O–H groups in total. The zero-order chi connectivity index (χ0) is 16.3. The minimum absolute atomic E-state index is 0.0495. The number of carbonyl (C=O) groups is 1. The van der Waals surface area contributed by atoms with E-state index in [9.17, 15) is 9.90 Å². The largest absolute Gasteiger partial charge is 0.396 e. The van der Waals surface area contributed by atoms with Gasteiger partial charge in [-0.15, -0.1) is 0 Å². The number of ether oxygens (including phenoxy) is 1. The van der Waals surface area contributed by atoms with Crippen LogP contribution in [0, 0.1) is 5.92 Å². The molecule has 0 bridgehead atoms. The molecule has 1 saturated heterocycles. The van der Waals surface area contributed by atoms with E-state index in [0.29, 0.717) is 43.4 Å². The fourth-order valence-corrected chi connectivity index (χ4v) is 3.71. The first-order valence-corrected chi connectivity index (χ1v) is 8.79. The number of rotatable bonds is 6. The maximum Gasteiger partial charge on any atom is 0.231 e. The van der Waals surface area contributed by atoms with E-state index in [4.69, 9.17) is 16.3 Å². The van der Waals surface area contributed by atoms with Crippen LogP contribution < -0.4 is 5.32 Å². The van der Waals surface area contributed by atoms with Crippen LogP contribution >= 0.6 is 11.6 Å². The van der Waals surface area contributed by atoms with Gasteiger partial charge in [0.2, 0.25) is 5.91 Å². The summed E-state index contributed by atoms with van der Waals surface area (Å²) in [5.41, 5.74) is 0.385. The van der Waals surface area contributed by atoms with Crippen LogP contribution in [0.1, 0.15) is 37.7 Å². The topological polar surface area (TPSA) is 58.6 Å². The maximum atomic E-state index is 13.2. The molecule has 126 valence electrons. The van der Waals surface area contributed by atoms with Crippen LogP contribution in [-0.4, -0.2) is 36.9 Å². The van der Waals surface area contributed by atoms with Gasteiger partial charge in [0, 0.05) is 30.9 Å². The Labute approximate surface area is 142 Å². The van der Waals surface area contributed by atoms with E-state index in [1.807, 2.05) is 24.3 Å². The lowest BCUT2D eigenvalue weighted by molar-refractivity contribution is -0.131. The number of hydrogen-bond acceptors (Lipinski definition) is 3. The predicted molar refractivity (Wildman–Crippen MR) is 89.5 cm³/mol. The third-order valence-electron chi connectivity index (χ3n) is 5.11. The summed E-state index contributed by atoms with van der Waals surface area (Å²) in [6, 6.07) is 7.68. The summed E-state index contributed by atoms with van der Waals surface area (Å²) in [5.74, 6) is 0.566. The highest BCUT2D eigenvalue weighted by molar-refractivity contribution is 6.30. The SMILES string of the molecule is O=C(NC(CCO)C1CC1)C1(c2cccc(Cl)c2)CCOCC1. The smallest absolute Gasteiger partial charge is 0.231 e. The van der Waals surface area contributed by atoms with E-state index in [2.05, 4.69) is 5.32 Å². The zero-order valence-corrected chi connectivity index (χ0v) is 14.0. The molecule has 5 heteroatoms. The molecule has 4 nitrogen and oxygen atoms in total. The molecule has 3 rings (SSSR count). The summed E-state index contributed by atoms with van der Waals surface area (Å²) in [4.78, 5) is 13.2. The first-order valence-electron chi connectivity index (χ1n) is 8.41. The molecule has 1 unspecified atom stereocenters. The van der Waals surface area contributed by atoms with Crippen molar-refractivity contribution >= 4 is 17.5 Å². The lowest BCUT2D eigenvalue weighted by Crippen LogP contribution is -2.51. The maximum absolute atomic E-state index is 13.2. The van der Waals surface area contributed by atoms with Crippen LogP contribution in [-0.2, 0) is 14.9 Å². The standard InChI is InChI=1S/C18H24ClNO3/c19-15-3-1-2-14(12-15)18(7-10-23-11-8-18)17(22)20-16(6-9-21)13-4-5-13/h1-3,12-13,16,21H,4-11H2,(H,20,22). The quantitative estimate of drug-likeness (QED) is 0.839. The minimum atomic E-state index is -0.578. The Hall–Kier alpha value is -1.10. The highest BCUT2D eigenvalue weighted by atomic mass is 35.5. The normalized spacial score (nSPS) is 21.7. The monoisotopic (exact) mass is 337 g/mol. The molecule has 1 aromatic rings. The van der Waals surface area contributed by atoms with Crippen LogP contribution in [0.15, 0.2) is 24.3 Å². The molecule has 23 heavy (non-hydrogen) atoms. The molecule has 1 aliphatic heterocycles. The van der Waals surface area contributed by atoms with E-state index in [1.165, 1.54) is 0 Å². The molecule has 0 aromatic heterocycles. The molecule has 2 aliphatic rings. The molecular weight excluding hydrogens is 314 g/mol. The highest BCUT2D eigenvalue weighted by Crippen LogP contribution is 2.38. The van der Waals surface area contributed by atoms with Crippen molar-refractivity contribution in [3.05, 3.63) is 34.9 Å². The molecular formula is C18H24ClNO3. The average molecular weight is 338 g/mol. The molecule has 1 aliphatic carbocycles. The van der Waals surface area contributed by atoms with Crippen LogP contribution in [0.25, 0.3) is 0 Å². The Kier molecular flexibility index (Phi) is 5.24. The van der Waals surface area contributed by atoms with E-state index >= 15 is 0 Å². The molecule has 1 heterocycles. The van der Waals surface area contributed by atoms with Crippen molar-refractivity contribution in [1.29, 1.82) is 0 Å². The molecule has 2 fully saturated rings. The third kappa shape index (κ3) is 3.70. The minimum Gasteiger partial charge on any atom is -0.396 e. The molecule has 0 spiro atoms. The Morgan fingerprint density at radius 1 is 1.39 bits per heavy atom. The number of nitrogens with one attached hydrogen (secondary N) is 1. The fourth-order valence-electron chi connectivity index (χ4n) is 3.52. The number of halogens is 1. The van der Waals surface area contributed by atoms with Crippen molar-refractivity contribution in [3.63, 3.8) is 0 Å². The highest BCUT2D eigenvalue weighted by Gasteiger charge is 2.44. The molecule has 1 saturated carbocycles. The Morgan fingerprint density at radius 2 is 2.13 bits per heavy atom.